The van der Waals surface area contributed by atoms with Crippen LogP contribution in [0.2, 0.25) is 0 Å². The summed E-state index contributed by atoms with van der Waals surface area (Å²) in [6.45, 7) is 3.43. The molecule has 30 heavy (non-hydrogen) atoms. The number of aryl methyl sites for hydroxylation is 1. The summed E-state index contributed by atoms with van der Waals surface area (Å²) >= 11 is 0. The summed E-state index contributed by atoms with van der Waals surface area (Å²) in [4.78, 5) is 12.9. The summed E-state index contributed by atoms with van der Waals surface area (Å²) in [6, 6.07) is 23.5. The lowest BCUT2D eigenvalue weighted by Crippen LogP contribution is -1.98. The molecule has 0 amide bonds. The summed E-state index contributed by atoms with van der Waals surface area (Å²) in [5, 5.41) is 1.10. The van der Waals surface area contributed by atoms with Crippen molar-refractivity contribution in [3.8, 4) is 11.5 Å². The van der Waals surface area contributed by atoms with Crippen molar-refractivity contribution in [2.75, 3.05) is 0 Å². The molecule has 0 radical (unpaired) electrons. The third kappa shape index (κ3) is 3.26. The number of aromatic nitrogens is 1. The zero-order valence-corrected chi connectivity index (χ0v) is 16.7. The first kappa shape index (κ1) is 18.3. The molecule has 0 saturated carbocycles. The number of fused-ring (bicyclic) bond motifs is 2. The molecule has 1 aromatic heterocycles. The summed E-state index contributed by atoms with van der Waals surface area (Å²) < 4.78 is 14.0. The number of hydrogen-bond acceptors (Lipinski definition) is 3. The molecular weight excluding hydrogens is 374 g/mol. The summed E-state index contributed by atoms with van der Waals surface area (Å²) in [5.74, 6) is 1.45. The van der Waals surface area contributed by atoms with Crippen LogP contribution < -0.4 is 9.47 Å². The van der Waals surface area contributed by atoms with E-state index >= 15 is 0 Å². The van der Waals surface area contributed by atoms with E-state index in [1.54, 1.807) is 12.1 Å². The molecule has 2 heterocycles. The van der Waals surface area contributed by atoms with Crippen LogP contribution in [0.15, 0.2) is 84.8 Å². The van der Waals surface area contributed by atoms with Crippen LogP contribution in [0, 0.1) is 0 Å². The first-order valence-electron chi connectivity index (χ1n) is 10.1. The zero-order chi connectivity index (χ0) is 20.5. The molecule has 0 unspecified atom stereocenters. The molecule has 0 aliphatic carbocycles. The number of Topliss-reactive ketones (excluding diaryl/α,β-unsaturated/α-hetero) is 1. The van der Waals surface area contributed by atoms with Gasteiger partial charge in [-0.25, -0.2) is 0 Å². The Morgan fingerprint density at radius 3 is 2.63 bits per heavy atom. The van der Waals surface area contributed by atoms with Gasteiger partial charge in [0.15, 0.2) is 5.76 Å². The lowest BCUT2D eigenvalue weighted by atomic mass is 10.1. The third-order valence-electron chi connectivity index (χ3n) is 5.34. The fraction of sp³-hybridized carbons (Fsp3) is 0.115. The van der Waals surface area contributed by atoms with E-state index in [9.17, 15) is 4.79 Å². The van der Waals surface area contributed by atoms with E-state index in [-0.39, 0.29) is 5.78 Å². The van der Waals surface area contributed by atoms with Gasteiger partial charge in [-0.3, -0.25) is 4.79 Å². The fourth-order valence-electron chi connectivity index (χ4n) is 3.79. The highest BCUT2D eigenvalue weighted by atomic mass is 16.5. The van der Waals surface area contributed by atoms with Crippen LogP contribution in [0.3, 0.4) is 0 Å². The number of nitrogens with zero attached hydrogens (tertiary/aromatic N) is 1. The van der Waals surface area contributed by atoms with Gasteiger partial charge in [-0.05, 0) is 36.8 Å². The summed E-state index contributed by atoms with van der Waals surface area (Å²) in [7, 11) is 0. The van der Waals surface area contributed by atoms with E-state index in [2.05, 4.69) is 29.8 Å². The maximum Gasteiger partial charge on any atom is 0.231 e. The van der Waals surface area contributed by atoms with Gasteiger partial charge in [-0.15, -0.1) is 0 Å². The fourth-order valence-corrected chi connectivity index (χ4v) is 3.79. The largest absolute Gasteiger partial charge is 0.489 e. The monoisotopic (exact) mass is 395 g/mol. The van der Waals surface area contributed by atoms with E-state index in [1.807, 2.05) is 54.6 Å². The number of ketones is 1. The Bertz CT molecular complexity index is 1270. The quantitative estimate of drug-likeness (QED) is 0.398. The Morgan fingerprint density at radius 1 is 1.00 bits per heavy atom. The highest BCUT2D eigenvalue weighted by Crippen LogP contribution is 2.36. The van der Waals surface area contributed by atoms with E-state index in [1.165, 1.54) is 0 Å². The number of carbonyl (C=O) groups excluding carboxylic acids is 1. The second-order valence-electron chi connectivity index (χ2n) is 7.26. The van der Waals surface area contributed by atoms with Crippen molar-refractivity contribution in [1.29, 1.82) is 0 Å². The highest BCUT2D eigenvalue weighted by molar-refractivity contribution is 6.15. The van der Waals surface area contributed by atoms with Crippen molar-refractivity contribution in [2.24, 2.45) is 0 Å². The number of carbonyl (C=O) groups is 1. The normalized spacial score (nSPS) is 14.2. The minimum atomic E-state index is -0.104. The van der Waals surface area contributed by atoms with Crippen molar-refractivity contribution in [3.05, 3.63) is 101 Å². The molecular formula is C26H21NO3. The van der Waals surface area contributed by atoms with Gasteiger partial charge in [0.2, 0.25) is 5.78 Å². The van der Waals surface area contributed by atoms with Crippen molar-refractivity contribution >= 4 is 22.8 Å². The first-order chi connectivity index (χ1) is 14.7. The van der Waals surface area contributed by atoms with Gasteiger partial charge in [-0.1, -0.05) is 48.5 Å². The maximum absolute atomic E-state index is 12.9. The number of benzene rings is 3. The van der Waals surface area contributed by atoms with Gasteiger partial charge in [0, 0.05) is 35.3 Å². The van der Waals surface area contributed by atoms with Crippen molar-refractivity contribution in [1.82, 2.24) is 4.57 Å². The molecule has 0 fully saturated rings. The molecule has 4 aromatic rings. The van der Waals surface area contributed by atoms with Gasteiger partial charge >= 0.3 is 0 Å². The Labute approximate surface area is 175 Å². The molecule has 1 aliphatic rings. The molecule has 148 valence electrons. The number of para-hydroxylation sites is 1. The number of allylic oxidation sites excluding steroid dienone is 1. The number of ether oxygens (including phenoxy) is 2. The second kappa shape index (κ2) is 7.56. The van der Waals surface area contributed by atoms with Gasteiger partial charge in [0.25, 0.3) is 0 Å². The Hall–Kier alpha value is -3.79. The lowest BCUT2D eigenvalue weighted by molar-refractivity contribution is 0.101. The maximum atomic E-state index is 12.9. The first-order valence-corrected chi connectivity index (χ1v) is 10.1. The molecule has 4 heteroatoms. The van der Waals surface area contributed by atoms with Crippen molar-refractivity contribution in [2.45, 2.75) is 20.1 Å². The standard InChI is InChI=1S/C26H21NO3/c1-2-27-16-19(21-10-6-7-11-23(21)27)14-25-26(28)22-13-12-20(15-24(22)30-25)29-17-18-8-4-3-5-9-18/h3-16H,2,17H2,1H3. The molecule has 0 bridgehead atoms. The van der Waals surface area contributed by atoms with Crippen LogP contribution in [-0.2, 0) is 13.2 Å². The van der Waals surface area contributed by atoms with Crippen molar-refractivity contribution < 1.29 is 14.3 Å². The lowest BCUT2D eigenvalue weighted by Gasteiger charge is -2.07. The third-order valence-corrected chi connectivity index (χ3v) is 5.34. The Morgan fingerprint density at radius 2 is 1.80 bits per heavy atom. The molecule has 4 nitrogen and oxygen atoms in total. The smallest absolute Gasteiger partial charge is 0.231 e. The van der Waals surface area contributed by atoms with Gasteiger partial charge in [0.1, 0.15) is 18.1 Å². The van der Waals surface area contributed by atoms with Crippen LogP contribution in [0.4, 0.5) is 0 Å². The van der Waals surface area contributed by atoms with Gasteiger partial charge in [0.05, 0.1) is 5.56 Å². The van der Waals surface area contributed by atoms with Crippen LogP contribution in [0.5, 0.6) is 11.5 Å². The molecule has 5 rings (SSSR count). The Kier molecular flexibility index (Phi) is 4.60. The molecule has 0 atom stereocenters. The predicted molar refractivity (Wildman–Crippen MR) is 118 cm³/mol. The number of hydrogen-bond donors (Lipinski definition) is 0. The second-order valence-corrected chi connectivity index (χ2v) is 7.26. The average Bonchev–Trinajstić information content (AvgIpc) is 3.30. The molecule has 0 spiro atoms. The summed E-state index contributed by atoms with van der Waals surface area (Å²) in [5.41, 5.74) is 3.77. The SMILES string of the molecule is CCn1cc(C=C2Oc3cc(OCc4ccccc4)ccc3C2=O)c2ccccc21. The van der Waals surface area contributed by atoms with E-state index in [4.69, 9.17) is 9.47 Å². The topological polar surface area (TPSA) is 40.5 Å². The van der Waals surface area contributed by atoms with Crippen LogP contribution in [0.1, 0.15) is 28.4 Å². The molecule has 0 N–H and O–H groups in total. The molecule has 0 saturated heterocycles. The number of rotatable bonds is 5. The van der Waals surface area contributed by atoms with Crippen LogP contribution >= 0.6 is 0 Å². The van der Waals surface area contributed by atoms with E-state index in [0.717, 1.165) is 28.6 Å². The van der Waals surface area contributed by atoms with Gasteiger partial charge < -0.3 is 14.0 Å². The minimum absolute atomic E-state index is 0.104. The molecule has 1 aliphatic heterocycles. The van der Waals surface area contributed by atoms with Crippen LogP contribution in [-0.4, -0.2) is 10.4 Å². The van der Waals surface area contributed by atoms with Gasteiger partial charge in [-0.2, -0.15) is 0 Å². The Balaban J connectivity index is 1.41. The average molecular weight is 395 g/mol. The highest BCUT2D eigenvalue weighted by Gasteiger charge is 2.28. The van der Waals surface area contributed by atoms with E-state index in [0.29, 0.717) is 29.4 Å². The summed E-state index contributed by atoms with van der Waals surface area (Å²) in [6.07, 6.45) is 3.90. The van der Waals surface area contributed by atoms with Crippen LogP contribution in [0.25, 0.3) is 17.0 Å². The predicted octanol–water partition coefficient (Wildman–Crippen LogP) is 5.86. The zero-order valence-electron chi connectivity index (χ0n) is 16.7. The minimum Gasteiger partial charge on any atom is -0.489 e. The van der Waals surface area contributed by atoms with Crippen molar-refractivity contribution in [3.63, 3.8) is 0 Å². The molecule has 3 aromatic carbocycles. The van der Waals surface area contributed by atoms with E-state index < -0.39 is 0 Å².